The molecule has 1 unspecified atom stereocenters. The summed E-state index contributed by atoms with van der Waals surface area (Å²) in [6, 6.07) is 16.3. The zero-order valence-corrected chi connectivity index (χ0v) is 19.8. The van der Waals surface area contributed by atoms with E-state index in [0.29, 0.717) is 32.4 Å². The van der Waals surface area contributed by atoms with Gasteiger partial charge in [0.1, 0.15) is 6.61 Å². The average Bonchev–Trinajstić information content (AvgIpc) is 3.19. The number of carboxylic acids is 1. The summed E-state index contributed by atoms with van der Waals surface area (Å²) in [5, 5.41) is 12.0. The normalized spacial score (nSPS) is 17.4. The average molecular weight is 465 g/mol. The summed E-state index contributed by atoms with van der Waals surface area (Å²) in [6.07, 6.45) is 0.925. The van der Waals surface area contributed by atoms with E-state index in [1.807, 2.05) is 38.1 Å². The van der Waals surface area contributed by atoms with Crippen molar-refractivity contribution in [3.05, 3.63) is 59.7 Å². The number of nitrogens with zero attached hydrogens (tertiary/aromatic N) is 1. The van der Waals surface area contributed by atoms with Crippen LogP contribution in [0.4, 0.5) is 4.79 Å². The molecule has 1 heterocycles. The predicted octanol–water partition coefficient (Wildman–Crippen LogP) is 4.26. The molecule has 7 heteroatoms. The van der Waals surface area contributed by atoms with Crippen molar-refractivity contribution in [3.8, 4) is 11.1 Å². The van der Waals surface area contributed by atoms with Crippen molar-refractivity contribution >= 4 is 18.0 Å². The summed E-state index contributed by atoms with van der Waals surface area (Å²) in [4.78, 5) is 38.7. The second-order valence-electron chi connectivity index (χ2n) is 9.50. The van der Waals surface area contributed by atoms with Crippen LogP contribution < -0.4 is 5.32 Å². The molecule has 0 radical (unpaired) electrons. The van der Waals surface area contributed by atoms with Crippen molar-refractivity contribution in [3.63, 3.8) is 0 Å². The Balaban J connectivity index is 1.33. The van der Waals surface area contributed by atoms with Gasteiger partial charge in [0.15, 0.2) is 0 Å². The number of hydrogen-bond donors (Lipinski definition) is 2. The molecule has 1 atom stereocenters. The number of hydrogen-bond acceptors (Lipinski definition) is 4. The number of carboxylic acid groups (broad SMARTS) is 1. The lowest BCUT2D eigenvalue weighted by molar-refractivity contribution is -0.149. The number of fused-ring (bicyclic) bond motifs is 3. The minimum absolute atomic E-state index is 0.0205. The highest BCUT2D eigenvalue weighted by Crippen LogP contribution is 2.44. The maximum absolute atomic E-state index is 13.2. The molecule has 7 nitrogen and oxygen atoms in total. The number of rotatable bonds is 7. The van der Waals surface area contributed by atoms with E-state index in [0.717, 1.165) is 11.1 Å². The Labute approximate surface area is 200 Å². The number of alkyl carbamates (subject to hydrolysis) is 1. The predicted molar refractivity (Wildman–Crippen MR) is 128 cm³/mol. The molecule has 1 aliphatic carbocycles. The van der Waals surface area contributed by atoms with Crippen LogP contribution in [0.1, 0.15) is 50.2 Å². The van der Waals surface area contributed by atoms with Gasteiger partial charge in [-0.3, -0.25) is 9.59 Å². The number of aliphatic carboxylic acids is 1. The van der Waals surface area contributed by atoms with Crippen LogP contribution in [0.3, 0.4) is 0 Å². The van der Waals surface area contributed by atoms with Crippen molar-refractivity contribution in [2.24, 2.45) is 11.3 Å². The number of carbonyl (C=O) groups excluding carboxylic acids is 2. The fraction of sp³-hybridized carbons (Fsp3) is 0.444. The standard InChI is InChI=1S/C27H32N2O5/c1-3-27(2,25(32)29-14-12-18(13-15-29)24(30)31)17-28-26(33)34-16-23-21-10-6-4-8-19(21)20-9-5-7-11-22(20)23/h4-11,18,23H,3,12-17H2,1-2H3,(H,28,33)(H,30,31). The molecule has 1 saturated heterocycles. The second kappa shape index (κ2) is 9.87. The molecule has 2 aromatic rings. The second-order valence-corrected chi connectivity index (χ2v) is 9.50. The highest BCUT2D eigenvalue weighted by atomic mass is 16.5. The minimum Gasteiger partial charge on any atom is -0.481 e. The topological polar surface area (TPSA) is 95.9 Å². The lowest BCUT2D eigenvalue weighted by atomic mass is 9.84. The van der Waals surface area contributed by atoms with Crippen LogP contribution in [0.5, 0.6) is 0 Å². The van der Waals surface area contributed by atoms with Crippen molar-refractivity contribution in [1.82, 2.24) is 10.2 Å². The van der Waals surface area contributed by atoms with Crippen LogP contribution in [-0.2, 0) is 14.3 Å². The molecule has 0 spiro atoms. The molecule has 180 valence electrons. The van der Waals surface area contributed by atoms with E-state index in [2.05, 4.69) is 29.6 Å². The van der Waals surface area contributed by atoms with E-state index in [1.54, 1.807) is 4.90 Å². The Bertz CT molecular complexity index is 1030. The lowest BCUT2D eigenvalue weighted by Gasteiger charge is -2.37. The highest BCUT2D eigenvalue weighted by Gasteiger charge is 2.38. The van der Waals surface area contributed by atoms with Gasteiger partial charge in [-0.25, -0.2) is 4.79 Å². The molecule has 0 aromatic heterocycles. The van der Waals surface area contributed by atoms with Crippen molar-refractivity contribution in [1.29, 1.82) is 0 Å². The van der Waals surface area contributed by atoms with Crippen LogP contribution in [0.25, 0.3) is 11.1 Å². The number of benzene rings is 2. The third-order valence-electron chi connectivity index (χ3n) is 7.39. The molecule has 0 bridgehead atoms. The third kappa shape index (κ3) is 4.65. The Morgan fingerprint density at radius 3 is 2.12 bits per heavy atom. The summed E-state index contributed by atoms with van der Waals surface area (Å²) in [7, 11) is 0. The van der Waals surface area contributed by atoms with E-state index >= 15 is 0 Å². The Morgan fingerprint density at radius 1 is 1.03 bits per heavy atom. The largest absolute Gasteiger partial charge is 0.481 e. The first-order valence-electron chi connectivity index (χ1n) is 11.9. The molecule has 4 rings (SSSR count). The van der Waals surface area contributed by atoms with Gasteiger partial charge in [0.05, 0.1) is 11.3 Å². The third-order valence-corrected chi connectivity index (χ3v) is 7.39. The zero-order valence-electron chi connectivity index (χ0n) is 19.8. The van der Waals surface area contributed by atoms with Crippen LogP contribution in [0, 0.1) is 11.3 Å². The van der Waals surface area contributed by atoms with E-state index in [1.165, 1.54) is 11.1 Å². The van der Waals surface area contributed by atoms with E-state index < -0.39 is 23.4 Å². The fourth-order valence-corrected chi connectivity index (χ4v) is 4.98. The lowest BCUT2D eigenvalue weighted by Crippen LogP contribution is -2.51. The molecular formula is C27H32N2O5. The summed E-state index contributed by atoms with van der Waals surface area (Å²) in [5.41, 5.74) is 3.86. The number of piperidine rings is 1. The van der Waals surface area contributed by atoms with Crippen molar-refractivity contribution in [2.75, 3.05) is 26.2 Å². The number of ether oxygens (including phenoxy) is 1. The monoisotopic (exact) mass is 464 g/mol. The first-order chi connectivity index (χ1) is 16.3. The SMILES string of the molecule is CCC(C)(CNC(=O)OCC1c2ccccc2-c2ccccc21)C(=O)N1CCC(C(=O)O)CC1. The minimum atomic E-state index is -0.803. The van der Waals surface area contributed by atoms with Crippen LogP contribution in [-0.4, -0.2) is 54.2 Å². The molecule has 0 saturated carbocycles. The highest BCUT2D eigenvalue weighted by molar-refractivity contribution is 5.84. The van der Waals surface area contributed by atoms with Gasteiger partial charge in [0.25, 0.3) is 0 Å². The first kappa shape index (κ1) is 23.8. The molecule has 2 amide bonds. The molecule has 2 aromatic carbocycles. The molecule has 1 aliphatic heterocycles. The molecule has 34 heavy (non-hydrogen) atoms. The number of carbonyl (C=O) groups is 3. The number of amides is 2. The molecule has 2 N–H and O–H groups in total. The Hall–Kier alpha value is -3.35. The summed E-state index contributed by atoms with van der Waals surface area (Å²) < 4.78 is 5.60. The quantitative estimate of drug-likeness (QED) is 0.638. The fourth-order valence-electron chi connectivity index (χ4n) is 4.98. The summed E-state index contributed by atoms with van der Waals surface area (Å²) in [5.74, 6) is -1.27. The Kier molecular flexibility index (Phi) is 6.91. The van der Waals surface area contributed by atoms with Gasteiger partial charge >= 0.3 is 12.1 Å². The number of nitrogens with one attached hydrogen (secondary N) is 1. The number of likely N-dealkylation sites (tertiary alicyclic amines) is 1. The van der Waals surface area contributed by atoms with Crippen LogP contribution in [0.2, 0.25) is 0 Å². The van der Waals surface area contributed by atoms with E-state index in [9.17, 15) is 19.5 Å². The summed E-state index contributed by atoms with van der Waals surface area (Å²) >= 11 is 0. The van der Waals surface area contributed by atoms with Gasteiger partial charge in [-0.15, -0.1) is 0 Å². The summed E-state index contributed by atoms with van der Waals surface area (Å²) in [6.45, 7) is 4.99. The van der Waals surface area contributed by atoms with Gasteiger partial charge in [-0.1, -0.05) is 55.5 Å². The molecule has 1 fully saturated rings. The molecule has 2 aliphatic rings. The van der Waals surface area contributed by atoms with Gasteiger partial charge in [0, 0.05) is 25.6 Å². The molecular weight excluding hydrogens is 432 g/mol. The maximum atomic E-state index is 13.2. The van der Waals surface area contributed by atoms with Crippen LogP contribution in [0.15, 0.2) is 48.5 Å². The van der Waals surface area contributed by atoms with E-state index in [-0.39, 0.29) is 25.0 Å². The van der Waals surface area contributed by atoms with Gasteiger partial charge in [0.2, 0.25) is 5.91 Å². The first-order valence-corrected chi connectivity index (χ1v) is 11.9. The Morgan fingerprint density at radius 2 is 1.59 bits per heavy atom. The van der Waals surface area contributed by atoms with Crippen molar-refractivity contribution < 1.29 is 24.2 Å². The van der Waals surface area contributed by atoms with Gasteiger partial charge < -0.3 is 20.1 Å². The smallest absolute Gasteiger partial charge is 0.407 e. The van der Waals surface area contributed by atoms with Crippen LogP contribution >= 0.6 is 0 Å². The zero-order chi connectivity index (χ0) is 24.3. The van der Waals surface area contributed by atoms with E-state index in [4.69, 9.17) is 4.74 Å². The van der Waals surface area contributed by atoms with Gasteiger partial charge in [-0.2, -0.15) is 0 Å². The van der Waals surface area contributed by atoms with Gasteiger partial charge in [-0.05, 0) is 48.4 Å². The van der Waals surface area contributed by atoms with Crippen molar-refractivity contribution in [2.45, 2.75) is 39.0 Å². The maximum Gasteiger partial charge on any atom is 0.407 e.